The van der Waals surface area contributed by atoms with Crippen molar-refractivity contribution in [3.8, 4) is 5.75 Å². The van der Waals surface area contributed by atoms with Crippen LogP contribution in [0.15, 0.2) is 36.4 Å². The van der Waals surface area contributed by atoms with Crippen LogP contribution in [0.25, 0.3) is 0 Å². The molecule has 3 rings (SSSR count). The van der Waals surface area contributed by atoms with Crippen molar-refractivity contribution in [3.63, 3.8) is 0 Å². The molecule has 0 amide bonds. The van der Waals surface area contributed by atoms with Crippen LogP contribution in [0.5, 0.6) is 5.75 Å². The summed E-state index contributed by atoms with van der Waals surface area (Å²) >= 11 is 6.34. The number of halogens is 1. The molecule has 0 fully saturated rings. The number of anilines is 3. The number of fused-ring (bicyclic) bond motifs is 1. The smallest absolute Gasteiger partial charge is 0.315 e. The van der Waals surface area contributed by atoms with E-state index in [0.717, 1.165) is 5.69 Å². The van der Waals surface area contributed by atoms with Gasteiger partial charge < -0.3 is 20.5 Å². The van der Waals surface area contributed by atoms with Gasteiger partial charge in [-0.15, -0.1) is 0 Å². The summed E-state index contributed by atoms with van der Waals surface area (Å²) in [5.41, 5.74) is 7.45. The third kappa shape index (κ3) is 2.19. The van der Waals surface area contributed by atoms with E-state index >= 15 is 0 Å². The number of methoxy groups -OCH3 is 1. The average Bonchev–Trinajstić information content (AvgIpc) is 2.84. The van der Waals surface area contributed by atoms with Gasteiger partial charge in [0.25, 0.3) is 0 Å². The SMILES string of the molecule is COc1ccc(Cl)c2c1N(c1ccccc1N)CC2(C)C(=O)O. The quantitative estimate of drug-likeness (QED) is 0.842. The number of nitrogens with zero attached hydrogens (tertiary/aromatic N) is 1. The van der Waals surface area contributed by atoms with Crippen LogP contribution in [0.1, 0.15) is 12.5 Å². The lowest BCUT2D eigenvalue weighted by Gasteiger charge is -2.24. The fraction of sp³-hybridized carbons (Fsp3) is 0.235. The summed E-state index contributed by atoms with van der Waals surface area (Å²) < 4.78 is 5.44. The summed E-state index contributed by atoms with van der Waals surface area (Å²) in [6, 6.07) is 10.7. The van der Waals surface area contributed by atoms with E-state index in [0.29, 0.717) is 27.7 Å². The standard InChI is InChI=1S/C17H17ClN2O3/c1-17(16(21)22)9-20(12-6-4-3-5-11(12)19)15-13(23-2)8-7-10(18)14(15)17/h3-8H,9,19H2,1-2H3,(H,21,22). The highest BCUT2D eigenvalue weighted by Crippen LogP contribution is 2.52. The first-order valence-corrected chi connectivity index (χ1v) is 7.50. The van der Waals surface area contributed by atoms with E-state index in [4.69, 9.17) is 22.1 Å². The summed E-state index contributed by atoms with van der Waals surface area (Å²) in [6.45, 7) is 1.89. The van der Waals surface area contributed by atoms with E-state index in [9.17, 15) is 9.90 Å². The van der Waals surface area contributed by atoms with Crippen LogP contribution in [0.3, 0.4) is 0 Å². The van der Waals surface area contributed by atoms with Gasteiger partial charge >= 0.3 is 5.97 Å². The zero-order valence-electron chi connectivity index (χ0n) is 12.8. The number of benzene rings is 2. The van der Waals surface area contributed by atoms with Crippen LogP contribution >= 0.6 is 11.6 Å². The Bertz CT molecular complexity index is 793. The molecule has 0 bridgehead atoms. The Balaban J connectivity index is 2.31. The Labute approximate surface area is 139 Å². The molecule has 0 aromatic heterocycles. The van der Waals surface area contributed by atoms with Crippen LogP contribution in [0.4, 0.5) is 17.1 Å². The maximum atomic E-state index is 11.9. The third-order valence-corrected chi connectivity index (χ3v) is 4.62. The van der Waals surface area contributed by atoms with Gasteiger partial charge in [-0.1, -0.05) is 23.7 Å². The molecule has 5 nitrogen and oxygen atoms in total. The number of carbonyl (C=O) groups is 1. The van der Waals surface area contributed by atoms with Crippen molar-refractivity contribution in [2.45, 2.75) is 12.3 Å². The average molecular weight is 333 g/mol. The van der Waals surface area contributed by atoms with Crippen molar-refractivity contribution in [2.24, 2.45) is 0 Å². The molecule has 2 aromatic carbocycles. The van der Waals surface area contributed by atoms with Crippen molar-refractivity contribution in [2.75, 3.05) is 24.3 Å². The summed E-state index contributed by atoms with van der Waals surface area (Å²) in [5.74, 6) is -0.372. The summed E-state index contributed by atoms with van der Waals surface area (Å²) in [4.78, 5) is 13.8. The Morgan fingerprint density at radius 2 is 2.04 bits per heavy atom. The largest absolute Gasteiger partial charge is 0.495 e. The molecule has 3 N–H and O–H groups in total. The molecule has 0 saturated heterocycles. The number of hydrogen-bond acceptors (Lipinski definition) is 4. The van der Waals surface area contributed by atoms with Gasteiger partial charge in [0.1, 0.15) is 11.2 Å². The van der Waals surface area contributed by atoms with Gasteiger partial charge in [-0.3, -0.25) is 4.79 Å². The fourth-order valence-electron chi connectivity index (χ4n) is 3.09. The lowest BCUT2D eigenvalue weighted by Crippen LogP contribution is -2.36. The second-order valence-corrected chi connectivity index (χ2v) is 6.16. The van der Waals surface area contributed by atoms with Gasteiger partial charge in [0.2, 0.25) is 0 Å². The van der Waals surface area contributed by atoms with Gasteiger partial charge in [0.05, 0.1) is 24.2 Å². The van der Waals surface area contributed by atoms with Crippen LogP contribution in [0.2, 0.25) is 5.02 Å². The maximum absolute atomic E-state index is 11.9. The molecule has 0 aliphatic carbocycles. The highest BCUT2D eigenvalue weighted by molar-refractivity contribution is 6.32. The van der Waals surface area contributed by atoms with E-state index < -0.39 is 11.4 Å². The van der Waals surface area contributed by atoms with Gasteiger partial charge in [-0.05, 0) is 31.2 Å². The molecule has 0 spiro atoms. The first kappa shape index (κ1) is 15.5. The highest BCUT2D eigenvalue weighted by Gasteiger charge is 2.48. The van der Waals surface area contributed by atoms with E-state index in [1.165, 1.54) is 0 Å². The first-order chi connectivity index (χ1) is 10.9. The second kappa shape index (κ2) is 5.35. The van der Waals surface area contributed by atoms with Gasteiger partial charge in [0.15, 0.2) is 0 Å². The molecule has 0 saturated carbocycles. The number of ether oxygens (including phenoxy) is 1. The van der Waals surface area contributed by atoms with Crippen molar-refractivity contribution in [3.05, 3.63) is 47.0 Å². The number of rotatable bonds is 3. The minimum absolute atomic E-state index is 0.228. The molecule has 1 unspecified atom stereocenters. The zero-order valence-corrected chi connectivity index (χ0v) is 13.6. The van der Waals surface area contributed by atoms with Crippen LogP contribution in [-0.2, 0) is 10.2 Å². The minimum Gasteiger partial charge on any atom is -0.495 e. The second-order valence-electron chi connectivity index (χ2n) is 5.76. The number of hydrogen-bond donors (Lipinski definition) is 2. The maximum Gasteiger partial charge on any atom is 0.315 e. The van der Waals surface area contributed by atoms with E-state index in [1.807, 2.05) is 23.1 Å². The molecular formula is C17H17ClN2O3. The van der Waals surface area contributed by atoms with E-state index in [1.54, 1.807) is 32.2 Å². The van der Waals surface area contributed by atoms with E-state index in [-0.39, 0.29) is 6.54 Å². The van der Waals surface area contributed by atoms with Crippen molar-refractivity contribution >= 4 is 34.6 Å². The monoisotopic (exact) mass is 332 g/mol. The van der Waals surface area contributed by atoms with Crippen LogP contribution < -0.4 is 15.4 Å². The number of para-hydroxylation sites is 2. The van der Waals surface area contributed by atoms with Crippen LogP contribution in [-0.4, -0.2) is 24.7 Å². The predicted octanol–water partition coefficient (Wildman–Crippen LogP) is 3.42. The molecule has 1 aliphatic heterocycles. The normalized spacial score (nSPS) is 19.5. The van der Waals surface area contributed by atoms with Crippen molar-refractivity contribution in [1.29, 1.82) is 0 Å². The number of nitrogens with two attached hydrogens (primary N) is 1. The number of nitrogen functional groups attached to an aromatic ring is 1. The van der Waals surface area contributed by atoms with Crippen LogP contribution in [0, 0.1) is 0 Å². The molecule has 23 heavy (non-hydrogen) atoms. The fourth-order valence-corrected chi connectivity index (χ4v) is 3.45. The Morgan fingerprint density at radius 3 is 2.65 bits per heavy atom. The molecule has 1 aliphatic rings. The molecule has 120 valence electrons. The van der Waals surface area contributed by atoms with Crippen molar-refractivity contribution < 1.29 is 14.6 Å². The molecule has 2 aromatic rings. The Hall–Kier alpha value is -2.40. The predicted molar refractivity (Wildman–Crippen MR) is 90.9 cm³/mol. The lowest BCUT2D eigenvalue weighted by molar-refractivity contribution is -0.142. The molecule has 0 radical (unpaired) electrons. The molecule has 1 heterocycles. The van der Waals surface area contributed by atoms with Gasteiger partial charge in [0, 0.05) is 17.1 Å². The highest BCUT2D eigenvalue weighted by atomic mass is 35.5. The molecule has 6 heteroatoms. The Morgan fingerprint density at radius 1 is 1.35 bits per heavy atom. The Kier molecular flexibility index (Phi) is 3.60. The lowest BCUT2D eigenvalue weighted by atomic mass is 9.84. The summed E-state index contributed by atoms with van der Waals surface area (Å²) in [7, 11) is 1.55. The summed E-state index contributed by atoms with van der Waals surface area (Å²) in [5, 5.41) is 10.2. The van der Waals surface area contributed by atoms with Crippen molar-refractivity contribution in [1.82, 2.24) is 0 Å². The minimum atomic E-state index is -1.15. The number of carboxylic acids is 1. The zero-order chi connectivity index (χ0) is 16.8. The number of carboxylic acid groups (broad SMARTS) is 1. The van der Waals surface area contributed by atoms with Gasteiger partial charge in [-0.2, -0.15) is 0 Å². The third-order valence-electron chi connectivity index (χ3n) is 4.31. The molecule has 1 atom stereocenters. The topological polar surface area (TPSA) is 75.8 Å². The number of aliphatic carboxylic acids is 1. The summed E-state index contributed by atoms with van der Waals surface area (Å²) in [6.07, 6.45) is 0. The van der Waals surface area contributed by atoms with E-state index in [2.05, 4.69) is 0 Å². The van der Waals surface area contributed by atoms with Gasteiger partial charge in [-0.25, -0.2) is 0 Å². The molecular weight excluding hydrogens is 316 g/mol. The first-order valence-electron chi connectivity index (χ1n) is 7.12.